The number of nitrogens with two attached hydrogens (primary N) is 1. The summed E-state index contributed by atoms with van der Waals surface area (Å²) in [5, 5.41) is 9.56. The molecule has 0 aliphatic heterocycles. The van der Waals surface area contributed by atoms with Crippen molar-refractivity contribution in [2.24, 2.45) is 5.73 Å². The van der Waals surface area contributed by atoms with E-state index in [4.69, 9.17) is 5.73 Å². The first-order chi connectivity index (χ1) is 14.0. The molecule has 0 radical (unpaired) electrons. The van der Waals surface area contributed by atoms with Crippen molar-refractivity contribution in [3.05, 3.63) is 65.6 Å². The van der Waals surface area contributed by atoms with Gasteiger partial charge in [-0.2, -0.15) is 5.10 Å². The molecule has 146 valence electrons. The maximum Gasteiger partial charge on any atom is 0.287 e. The van der Waals surface area contributed by atoms with E-state index in [1.54, 1.807) is 30.6 Å². The van der Waals surface area contributed by atoms with Gasteiger partial charge >= 0.3 is 0 Å². The molecule has 0 bridgehead atoms. The minimum atomic E-state index is -1.10. The number of hydrogen-bond donors (Lipinski definition) is 3. The molecule has 1 unspecified atom stereocenters. The number of rotatable bonds is 7. The normalized spacial score (nSPS) is 12.0. The topological polar surface area (TPSA) is 136 Å². The Hall–Kier alpha value is -3.79. The first-order valence-corrected chi connectivity index (χ1v) is 9.56. The average molecular weight is 408 g/mol. The largest absolute Gasteiger partial charge is 0.363 e. The number of Topliss-reactive ketones (excluding diaryl/α,β-unsaturated/α-hetero) is 1. The van der Waals surface area contributed by atoms with E-state index in [9.17, 15) is 14.4 Å². The van der Waals surface area contributed by atoms with Crippen LogP contribution in [0.2, 0.25) is 0 Å². The quantitative estimate of drug-likeness (QED) is 0.395. The fourth-order valence-corrected chi connectivity index (χ4v) is 3.97. The molecular formula is C19H16N6O3S. The second-order valence-corrected chi connectivity index (χ2v) is 7.14. The second kappa shape index (κ2) is 7.68. The van der Waals surface area contributed by atoms with Gasteiger partial charge in [-0.15, -0.1) is 11.3 Å². The molecular weight excluding hydrogens is 392 g/mol. The van der Waals surface area contributed by atoms with Crippen molar-refractivity contribution in [3.8, 4) is 5.82 Å². The van der Waals surface area contributed by atoms with Crippen molar-refractivity contribution >= 4 is 39.2 Å². The van der Waals surface area contributed by atoms with Crippen molar-refractivity contribution < 1.29 is 14.4 Å². The van der Waals surface area contributed by atoms with Crippen LogP contribution < -0.4 is 11.1 Å². The van der Waals surface area contributed by atoms with Crippen molar-refractivity contribution in [1.82, 2.24) is 25.1 Å². The summed E-state index contributed by atoms with van der Waals surface area (Å²) in [6.07, 6.45) is 4.97. The number of nitrogens with zero attached hydrogens (tertiary/aromatic N) is 3. The highest BCUT2D eigenvalue weighted by Gasteiger charge is 2.28. The van der Waals surface area contributed by atoms with Gasteiger partial charge in [0.25, 0.3) is 11.8 Å². The average Bonchev–Trinajstić information content (AvgIpc) is 3.45. The maximum absolute atomic E-state index is 12.9. The fraction of sp³-hybridized carbons (Fsp3) is 0.105. The number of ketones is 1. The van der Waals surface area contributed by atoms with Crippen LogP contribution in [0.15, 0.2) is 54.3 Å². The summed E-state index contributed by atoms with van der Waals surface area (Å²) < 4.78 is 1.36. The van der Waals surface area contributed by atoms with Gasteiger partial charge < -0.3 is 16.0 Å². The number of aromatic amines is 1. The van der Waals surface area contributed by atoms with Gasteiger partial charge in [0.1, 0.15) is 11.7 Å². The number of H-pyrrole nitrogens is 1. The summed E-state index contributed by atoms with van der Waals surface area (Å²) in [6, 6.07) is 7.50. The molecule has 0 aliphatic carbocycles. The zero-order valence-corrected chi connectivity index (χ0v) is 15.8. The predicted octanol–water partition coefficient (Wildman–Crippen LogP) is 1.21. The van der Waals surface area contributed by atoms with Crippen LogP contribution in [-0.4, -0.2) is 43.4 Å². The van der Waals surface area contributed by atoms with Crippen LogP contribution in [0.3, 0.4) is 0 Å². The maximum atomic E-state index is 12.9. The first kappa shape index (κ1) is 18.6. The summed E-state index contributed by atoms with van der Waals surface area (Å²) in [7, 11) is 0. The highest BCUT2D eigenvalue weighted by atomic mass is 32.1. The Labute approximate surface area is 168 Å². The third-order valence-corrected chi connectivity index (χ3v) is 5.38. The summed E-state index contributed by atoms with van der Waals surface area (Å²) in [5.74, 6) is -2.08. The van der Waals surface area contributed by atoms with Crippen LogP contribution in [0.4, 0.5) is 0 Å². The molecule has 4 rings (SSSR count). The van der Waals surface area contributed by atoms with Crippen LogP contribution in [-0.2, 0) is 16.0 Å². The Balaban J connectivity index is 1.61. The lowest BCUT2D eigenvalue weighted by atomic mass is 10.0. The monoisotopic (exact) mass is 408 g/mol. The zero-order valence-electron chi connectivity index (χ0n) is 15.0. The van der Waals surface area contributed by atoms with Gasteiger partial charge in [0.2, 0.25) is 5.78 Å². The van der Waals surface area contributed by atoms with Crippen LogP contribution in [0.5, 0.6) is 0 Å². The standard InChI is InChI=1S/C19H16N6O3S/c20-17(27)16(26)13(9-11-10-29-19-12(11)4-7-22-19)24-18(28)14-5-8-23-25(14)15-3-1-2-6-21-15/h1-8,10,13,22H,9H2,(H2,20,27)(H,24,28). The van der Waals surface area contributed by atoms with Gasteiger partial charge in [-0.3, -0.25) is 14.4 Å². The van der Waals surface area contributed by atoms with Gasteiger partial charge in [0.05, 0.1) is 11.0 Å². The van der Waals surface area contributed by atoms with Crippen molar-refractivity contribution in [2.75, 3.05) is 0 Å². The van der Waals surface area contributed by atoms with E-state index in [1.165, 1.54) is 28.3 Å². The number of carbonyl (C=O) groups is 3. The second-order valence-electron chi connectivity index (χ2n) is 6.26. The van der Waals surface area contributed by atoms with Gasteiger partial charge in [-0.1, -0.05) is 6.07 Å². The van der Waals surface area contributed by atoms with Gasteiger partial charge in [0.15, 0.2) is 5.82 Å². The Bertz CT molecular complexity index is 1190. The number of carbonyl (C=O) groups excluding carboxylic acids is 3. The molecule has 0 saturated heterocycles. The van der Waals surface area contributed by atoms with Crippen LogP contribution >= 0.6 is 11.3 Å². The van der Waals surface area contributed by atoms with Gasteiger partial charge in [0, 0.05) is 24.2 Å². The molecule has 0 saturated carbocycles. The van der Waals surface area contributed by atoms with Crippen molar-refractivity contribution in [1.29, 1.82) is 0 Å². The summed E-state index contributed by atoms with van der Waals surface area (Å²) in [4.78, 5) is 45.0. The molecule has 10 heteroatoms. The summed E-state index contributed by atoms with van der Waals surface area (Å²) in [5.41, 5.74) is 6.22. The third-order valence-electron chi connectivity index (χ3n) is 4.40. The Morgan fingerprint density at radius 3 is 2.83 bits per heavy atom. The SMILES string of the molecule is NC(=O)C(=O)C(Cc1csc2[nH]ccc12)NC(=O)c1ccnn1-c1ccccn1. The van der Waals surface area contributed by atoms with E-state index in [0.29, 0.717) is 5.82 Å². The summed E-state index contributed by atoms with van der Waals surface area (Å²) >= 11 is 1.48. The van der Waals surface area contributed by atoms with E-state index in [1.807, 2.05) is 11.4 Å². The highest BCUT2D eigenvalue weighted by Crippen LogP contribution is 2.25. The molecule has 29 heavy (non-hydrogen) atoms. The minimum Gasteiger partial charge on any atom is -0.363 e. The molecule has 1 atom stereocenters. The van der Waals surface area contributed by atoms with Gasteiger partial charge in [-0.25, -0.2) is 9.67 Å². The first-order valence-electron chi connectivity index (χ1n) is 8.68. The number of primary amides is 1. The van der Waals surface area contributed by atoms with Crippen LogP contribution in [0.1, 0.15) is 16.1 Å². The number of thiophene rings is 1. The molecule has 4 aromatic heterocycles. The molecule has 0 aliphatic rings. The lowest BCUT2D eigenvalue weighted by Gasteiger charge is -2.16. The smallest absolute Gasteiger partial charge is 0.287 e. The minimum absolute atomic E-state index is 0.142. The lowest BCUT2D eigenvalue weighted by molar-refractivity contribution is -0.137. The lowest BCUT2D eigenvalue weighted by Crippen LogP contribution is -2.47. The molecule has 2 amide bonds. The Kier molecular flexibility index (Phi) is 4.92. The molecule has 4 N–H and O–H groups in total. The predicted molar refractivity (Wildman–Crippen MR) is 107 cm³/mol. The Morgan fingerprint density at radius 1 is 1.21 bits per heavy atom. The fourth-order valence-electron chi connectivity index (χ4n) is 3.03. The number of fused-ring (bicyclic) bond motifs is 1. The number of amides is 2. The third kappa shape index (κ3) is 3.65. The number of hydrogen-bond acceptors (Lipinski definition) is 6. The zero-order chi connectivity index (χ0) is 20.4. The Morgan fingerprint density at radius 2 is 2.07 bits per heavy atom. The molecule has 0 spiro atoms. The van der Waals surface area contributed by atoms with Crippen molar-refractivity contribution in [2.45, 2.75) is 12.5 Å². The van der Waals surface area contributed by atoms with Crippen molar-refractivity contribution in [3.63, 3.8) is 0 Å². The highest BCUT2D eigenvalue weighted by molar-refractivity contribution is 7.17. The van der Waals surface area contributed by atoms with E-state index in [-0.39, 0.29) is 12.1 Å². The number of pyridine rings is 1. The molecule has 0 aromatic carbocycles. The van der Waals surface area contributed by atoms with Crippen LogP contribution in [0, 0.1) is 0 Å². The van der Waals surface area contributed by atoms with Gasteiger partial charge in [-0.05, 0) is 35.2 Å². The number of nitrogens with one attached hydrogen (secondary N) is 2. The molecule has 4 aromatic rings. The molecule has 4 heterocycles. The van der Waals surface area contributed by atoms with E-state index < -0.39 is 23.6 Å². The number of aromatic nitrogens is 4. The molecule has 0 fully saturated rings. The van der Waals surface area contributed by atoms with E-state index >= 15 is 0 Å². The molecule has 9 nitrogen and oxygen atoms in total. The van der Waals surface area contributed by atoms with E-state index in [2.05, 4.69) is 20.4 Å². The van der Waals surface area contributed by atoms with E-state index in [0.717, 1.165) is 15.8 Å². The van der Waals surface area contributed by atoms with Crippen LogP contribution in [0.25, 0.3) is 16.0 Å². The summed E-state index contributed by atoms with van der Waals surface area (Å²) in [6.45, 7) is 0.